The van der Waals surface area contributed by atoms with Crippen LogP contribution in [0.4, 0.5) is 11.4 Å². The third-order valence-corrected chi connectivity index (χ3v) is 14.3. The van der Waals surface area contributed by atoms with Crippen LogP contribution in [0.25, 0.3) is 82.8 Å². The Morgan fingerprint density at radius 3 is 1.81 bits per heavy atom. The maximum atomic E-state index is 2.51. The van der Waals surface area contributed by atoms with Crippen LogP contribution in [0.3, 0.4) is 0 Å². The Kier molecular flexibility index (Phi) is 8.94. The van der Waals surface area contributed by atoms with Crippen molar-refractivity contribution >= 4 is 60.6 Å². The molecule has 2 heterocycles. The van der Waals surface area contributed by atoms with Gasteiger partial charge in [-0.25, -0.2) is 0 Å². The van der Waals surface area contributed by atoms with Crippen LogP contribution in [0.5, 0.6) is 0 Å². The van der Waals surface area contributed by atoms with Gasteiger partial charge in [0.25, 0.3) is 0 Å². The van der Waals surface area contributed by atoms with Gasteiger partial charge in [0.2, 0.25) is 0 Å². The van der Waals surface area contributed by atoms with Crippen LogP contribution in [-0.2, 0) is 5.41 Å². The van der Waals surface area contributed by atoms with Crippen molar-refractivity contribution in [3.8, 4) is 33.6 Å². The second-order valence-electron chi connectivity index (χ2n) is 18.4. The van der Waals surface area contributed by atoms with E-state index in [9.17, 15) is 0 Å². The van der Waals surface area contributed by atoms with E-state index in [1.54, 1.807) is 0 Å². The Hall–Kier alpha value is -8.40. The van der Waals surface area contributed by atoms with Crippen molar-refractivity contribution < 1.29 is 0 Å². The fraction of sp³-hybridized carbons (Fsp3) is 0.0625. The first-order chi connectivity index (χ1) is 33.0. The maximum Gasteiger partial charge on any atom is 0.0619 e. The molecule has 0 saturated carbocycles. The average Bonchev–Trinajstić information content (AvgIpc) is 3.90. The molecule has 0 aliphatic heterocycles. The quantitative estimate of drug-likeness (QED) is 0.156. The summed E-state index contributed by atoms with van der Waals surface area (Å²) in [6.07, 6.45) is 10.3. The molecular formula is C64H47N3. The zero-order chi connectivity index (χ0) is 44.6. The van der Waals surface area contributed by atoms with E-state index < -0.39 is 0 Å². The van der Waals surface area contributed by atoms with Gasteiger partial charge in [-0.15, -0.1) is 0 Å². The Bertz CT molecular complexity index is 3840. The molecule has 13 rings (SSSR count). The van der Waals surface area contributed by atoms with E-state index in [0.29, 0.717) is 0 Å². The normalized spacial score (nSPS) is 14.0. The standard InChI is InChI=1S/C64H47N3/c1-64(2)56-32-12-9-25-51(56)53-30-18-36-60(62(53)64)65(48-41-38-44(39-42-48)50-29-16-31-54-52-26-10-13-33-57(52)67(63(50)54)46-22-7-4-8-23-46)47-24-15-19-43(37-40-47)49-28-17-35-59-61(49)55-27-11-14-34-58(55)66(59)45-20-5-3-6-21-45/h3-14,16-42H,15H2,1-2H3. The highest BCUT2D eigenvalue weighted by Crippen LogP contribution is 2.54. The highest BCUT2D eigenvalue weighted by molar-refractivity contribution is 6.15. The predicted octanol–water partition coefficient (Wildman–Crippen LogP) is 16.9. The molecule has 0 atom stereocenters. The number of rotatable bonds is 7. The van der Waals surface area contributed by atoms with Crippen molar-refractivity contribution in [3.05, 3.63) is 259 Å². The lowest BCUT2D eigenvalue weighted by Gasteiger charge is -2.33. The predicted molar refractivity (Wildman–Crippen MR) is 283 cm³/mol. The van der Waals surface area contributed by atoms with Crippen LogP contribution in [0, 0.1) is 0 Å². The van der Waals surface area contributed by atoms with Crippen LogP contribution in [-0.4, -0.2) is 9.13 Å². The van der Waals surface area contributed by atoms with E-state index in [1.807, 2.05) is 0 Å². The Morgan fingerprint density at radius 2 is 1.01 bits per heavy atom. The van der Waals surface area contributed by atoms with E-state index >= 15 is 0 Å². The fourth-order valence-corrected chi connectivity index (χ4v) is 11.4. The number of anilines is 2. The molecule has 0 fully saturated rings. The van der Waals surface area contributed by atoms with Crippen molar-refractivity contribution in [2.24, 2.45) is 0 Å². The smallest absolute Gasteiger partial charge is 0.0619 e. The molecule has 0 amide bonds. The van der Waals surface area contributed by atoms with Crippen molar-refractivity contribution in [2.45, 2.75) is 25.7 Å². The Balaban J connectivity index is 0.959. The van der Waals surface area contributed by atoms with Gasteiger partial charge in [-0.3, -0.25) is 0 Å². The third-order valence-electron chi connectivity index (χ3n) is 14.3. The molecular weight excluding hydrogens is 811 g/mol. The molecule has 3 nitrogen and oxygen atoms in total. The molecule has 0 unspecified atom stereocenters. The number of allylic oxidation sites excluding steroid dienone is 5. The van der Waals surface area contributed by atoms with Crippen LogP contribution < -0.4 is 4.90 Å². The lowest BCUT2D eigenvalue weighted by atomic mass is 9.81. The summed E-state index contributed by atoms with van der Waals surface area (Å²) in [6, 6.07) is 77.7. The average molecular weight is 858 g/mol. The molecule has 0 radical (unpaired) electrons. The summed E-state index contributed by atoms with van der Waals surface area (Å²) in [7, 11) is 0. The SMILES string of the molecule is CC1(C)c2ccccc2-c2cccc(N(C3=CCC=C(c4cccc5c4c4ccccc4n5-c4ccccc4)C=C3)c3ccc(-c4cccc5c6ccccc6n(-c6ccccc6)c45)cc3)c21. The molecule has 2 aliphatic rings. The first kappa shape index (κ1) is 39.0. The Labute approximate surface area is 391 Å². The van der Waals surface area contributed by atoms with Gasteiger partial charge in [0.15, 0.2) is 0 Å². The molecule has 67 heavy (non-hydrogen) atoms. The molecule has 0 spiro atoms. The van der Waals surface area contributed by atoms with Gasteiger partial charge < -0.3 is 14.0 Å². The largest absolute Gasteiger partial charge is 0.310 e. The zero-order valence-corrected chi connectivity index (χ0v) is 37.6. The first-order valence-corrected chi connectivity index (χ1v) is 23.4. The van der Waals surface area contributed by atoms with Crippen LogP contribution in [0.15, 0.2) is 242 Å². The number of para-hydroxylation sites is 5. The van der Waals surface area contributed by atoms with Gasteiger partial charge in [-0.2, -0.15) is 0 Å². The van der Waals surface area contributed by atoms with Gasteiger partial charge in [0.05, 0.1) is 27.8 Å². The van der Waals surface area contributed by atoms with Crippen LogP contribution >= 0.6 is 0 Å². The molecule has 9 aromatic carbocycles. The maximum absolute atomic E-state index is 2.51. The lowest BCUT2D eigenvalue weighted by Crippen LogP contribution is -2.22. The molecule has 3 heteroatoms. The van der Waals surface area contributed by atoms with E-state index in [4.69, 9.17) is 0 Å². The number of benzene rings is 9. The second kappa shape index (κ2) is 15.4. The molecule has 0 bridgehead atoms. The minimum atomic E-state index is -0.206. The summed E-state index contributed by atoms with van der Waals surface area (Å²) in [4.78, 5) is 2.51. The van der Waals surface area contributed by atoms with Crippen molar-refractivity contribution in [3.63, 3.8) is 0 Å². The van der Waals surface area contributed by atoms with Crippen molar-refractivity contribution in [1.82, 2.24) is 9.13 Å². The van der Waals surface area contributed by atoms with E-state index in [2.05, 4.69) is 265 Å². The highest BCUT2D eigenvalue weighted by Gasteiger charge is 2.39. The molecule has 318 valence electrons. The van der Waals surface area contributed by atoms with Crippen molar-refractivity contribution in [1.29, 1.82) is 0 Å². The summed E-state index contributed by atoms with van der Waals surface area (Å²) < 4.78 is 4.83. The molecule has 0 N–H and O–H groups in total. The molecule has 2 aromatic heterocycles. The summed E-state index contributed by atoms with van der Waals surface area (Å²) >= 11 is 0. The van der Waals surface area contributed by atoms with Gasteiger partial charge in [0.1, 0.15) is 0 Å². The summed E-state index contributed by atoms with van der Waals surface area (Å²) in [5, 5.41) is 5.04. The highest BCUT2D eigenvalue weighted by atomic mass is 15.2. The monoisotopic (exact) mass is 857 g/mol. The number of aromatic nitrogens is 2. The number of nitrogens with zero attached hydrogens (tertiary/aromatic N) is 3. The van der Waals surface area contributed by atoms with E-state index in [1.165, 1.54) is 93.8 Å². The summed E-state index contributed by atoms with van der Waals surface area (Å²) in [6.45, 7) is 4.77. The molecule has 0 saturated heterocycles. The van der Waals surface area contributed by atoms with Crippen LogP contribution in [0.1, 0.15) is 37.0 Å². The number of fused-ring (bicyclic) bond motifs is 9. The van der Waals surface area contributed by atoms with Gasteiger partial charge in [-0.05, 0) is 112 Å². The van der Waals surface area contributed by atoms with Gasteiger partial charge in [0, 0.05) is 55.3 Å². The minimum absolute atomic E-state index is 0.206. The first-order valence-electron chi connectivity index (χ1n) is 23.4. The van der Waals surface area contributed by atoms with Gasteiger partial charge in [-0.1, -0.05) is 184 Å². The van der Waals surface area contributed by atoms with E-state index in [-0.39, 0.29) is 5.41 Å². The second-order valence-corrected chi connectivity index (χ2v) is 18.4. The minimum Gasteiger partial charge on any atom is -0.310 e. The van der Waals surface area contributed by atoms with Gasteiger partial charge >= 0.3 is 0 Å². The van der Waals surface area contributed by atoms with E-state index in [0.717, 1.165) is 29.2 Å². The topological polar surface area (TPSA) is 13.1 Å². The molecule has 11 aromatic rings. The Morgan fingerprint density at radius 1 is 0.433 bits per heavy atom. The lowest BCUT2D eigenvalue weighted by molar-refractivity contribution is 0.660. The van der Waals surface area contributed by atoms with Crippen LogP contribution in [0.2, 0.25) is 0 Å². The number of hydrogen-bond donors (Lipinski definition) is 0. The summed E-state index contributed by atoms with van der Waals surface area (Å²) in [5.74, 6) is 0. The van der Waals surface area contributed by atoms with Crippen molar-refractivity contribution in [2.75, 3.05) is 4.90 Å². The third kappa shape index (κ3) is 6.05. The number of hydrogen-bond acceptors (Lipinski definition) is 1. The fourth-order valence-electron chi connectivity index (χ4n) is 11.4. The summed E-state index contributed by atoms with van der Waals surface area (Å²) in [5.41, 5.74) is 20.6. The zero-order valence-electron chi connectivity index (χ0n) is 37.6. The molecule has 2 aliphatic carbocycles.